The number of aryl methyl sites for hydroxylation is 1. The molecular formula is C15H21N3O. The van der Waals surface area contributed by atoms with Gasteiger partial charge in [0, 0.05) is 31.4 Å². The summed E-state index contributed by atoms with van der Waals surface area (Å²) in [5, 5.41) is 6.33. The van der Waals surface area contributed by atoms with E-state index in [1.165, 1.54) is 12.0 Å². The first-order chi connectivity index (χ1) is 9.22. The van der Waals surface area contributed by atoms with Crippen molar-refractivity contribution in [3.05, 3.63) is 29.3 Å². The van der Waals surface area contributed by atoms with Crippen LogP contribution < -0.4 is 10.6 Å². The number of rotatable bonds is 3. The van der Waals surface area contributed by atoms with E-state index in [0.717, 1.165) is 37.3 Å². The second-order valence-electron chi connectivity index (χ2n) is 5.59. The number of hydrogen-bond acceptors (Lipinski definition) is 3. The Morgan fingerprint density at radius 3 is 3.16 bits per heavy atom. The van der Waals surface area contributed by atoms with Crippen LogP contribution in [-0.4, -0.2) is 43.5 Å². The van der Waals surface area contributed by atoms with Gasteiger partial charge >= 0.3 is 0 Å². The summed E-state index contributed by atoms with van der Waals surface area (Å²) in [4.78, 5) is 13.8. The molecule has 3 rings (SSSR count). The molecule has 0 aliphatic carbocycles. The van der Waals surface area contributed by atoms with Gasteiger partial charge in [0.1, 0.15) is 0 Å². The number of nitrogens with one attached hydrogen (secondary N) is 2. The zero-order valence-electron chi connectivity index (χ0n) is 11.4. The molecule has 19 heavy (non-hydrogen) atoms. The Kier molecular flexibility index (Phi) is 3.53. The third kappa shape index (κ3) is 2.80. The summed E-state index contributed by atoms with van der Waals surface area (Å²) in [7, 11) is 2.21. The minimum atomic E-state index is 0.114. The Hall–Kier alpha value is -1.39. The third-order valence-electron chi connectivity index (χ3n) is 4.21. The van der Waals surface area contributed by atoms with Crippen LogP contribution in [0.15, 0.2) is 18.2 Å². The fourth-order valence-electron chi connectivity index (χ4n) is 2.96. The van der Waals surface area contributed by atoms with E-state index >= 15 is 0 Å². The maximum absolute atomic E-state index is 11.3. The molecule has 1 amide bonds. The first-order valence-electron chi connectivity index (χ1n) is 7.05. The highest BCUT2D eigenvalue weighted by Gasteiger charge is 2.20. The molecule has 4 nitrogen and oxygen atoms in total. The summed E-state index contributed by atoms with van der Waals surface area (Å²) in [6, 6.07) is 6.99. The second kappa shape index (κ2) is 5.31. The molecule has 0 aromatic heterocycles. The van der Waals surface area contributed by atoms with E-state index < -0.39 is 0 Å². The van der Waals surface area contributed by atoms with Crippen LogP contribution in [-0.2, 0) is 17.6 Å². The van der Waals surface area contributed by atoms with Gasteiger partial charge in [-0.1, -0.05) is 12.1 Å². The number of benzene rings is 1. The minimum Gasteiger partial charge on any atom is -0.326 e. The zero-order valence-corrected chi connectivity index (χ0v) is 11.4. The van der Waals surface area contributed by atoms with Crippen LogP contribution in [0, 0.1) is 0 Å². The molecule has 2 N–H and O–H groups in total. The Morgan fingerprint density at radius 1 is 1.42 bits per heavy atom. The van der Waals surface area contributed by atoms with Gasteiger partial charge in [0.2, 0.25) is 5.91 Å². The van der Waals surface area contributed by atoms with Crippen LogP contribution in [0.2, 0.25) is 0 Å². The molecule has 2 aliphatic heterocycles. The maximum Gasteiger partial charge on any atom is 0.228 e. The molecule has 4 heteroatoms. The van der Waals surface area contributed by atoms with Crippen LogP contribution in [0.3, 0.4) is 0 Å². The van der Waals surface area contributed by atoms with Gasteiger partial charge in [0.15, 0.2) is 0 Å². The van der Waals surface area contributed by atoms with Gasteiger partial charge in [-0.25, -0.2) is 0 Å². The number of nitrogens with zero attached hydrogens (tertiary/aromatic N) is 1. The Morgan fingerprint density at radius 2 is 2.32 bits per heavy atom. The number of amides is 1. The molecule has 1 fully saturated rings. The van der Waals surface area contributed by atoms with Crippen molar-refractivity contribution in [2.75, 3.05) is 32.0 Å². The summed E-state index contributed by atoms with van der Waals surface area (Å²) in [5.41, 5.74) is 3.48. The monoisotopic (exact) mass is 259 g/mol. The molecule has 1 aromatic rings. The summed E-state index contributed by atoms with van der Waals surface area (Å²) < 4.78 is 0. The molecule has 2 aliphatic rings. The van der Waals surface area contributed by atoms with Crippen LogP contribution in [0.4, 0.5) is 5.69 Å². The van der Waals surface area contributed by atoms with Crippen molar-refractivity contribution >= 4 is 11.6 Å². The molecule has 0 radical (unpaired) electrons. The van der Waals surface area contributed by atoms with Crippen LogP contribution in [0.5, 0.6) is 0 Å². The molecule has 1 aromatic carbocycles. The van der Waals surface area contributed by atoms with Crippen molar-refractivity contribution in [3.63, 3.8) is 0 Å². The van der Waals surface area contributed by atoms with E-state index in [2.05, 4.69) is 34.7 Å². The average molecular weight is 259 g/mol. The summed E-state index contributed by atoms with van der Waals surface area (Å²) in [6.45, 7) is 3.31. The maximum atomic E-state index is 11.3. The summed E-state index contributed by atoms with van der Waals surface area (Å²) >= 11 is 0. The predicted octanol–water partition coefficient (Wildman–Crippen LogP) is 1.02. The van der Waals surface area contributed by atoms with E-state index in [1.54, 1.807) is 0 Å². The van der Waals surface area contributed by atoms with E-state index in [0.29, 0.717) is 12.5 Å². The average Bonchev–Trinajstić information content (AvgIpc) is 2.77. The van der Waals surface area contributed by atoms with E-state index in [9.17, 15) is 4.79 Å². The second-order valence-corrected chi connectivity index (χ2v) is 5.59. The van der Waals surface area contributed by atoms with Crippen molar-refractivity contribution in [1.29, 1.82) is 0 Å². The molecule has 2 heterocycles. The number of likely N-dealkylation sites (N-methyl/N-ethyl adjacent to an activating group) is 1. The molecular weight excluding hydrogens is 238 g/mol. The Bertz CT molecular complexity index is 486. The van der Waals surface area contributed by atoms with E-state index in [4.69, 9.17) is 0 Å². The molecule has 0 spiro atoms. The van der Waals surface area contributed by atoms with Gasteiger partial charge in [0.05, 0.1) is 6.42 Å². The van der Waals surface area contributed by atoms with Gasteiger partial charge < -0.3 is 15.5 Å². The minimum absolute atomic E-state index is 0.114. The van der Waals surface area contributed by atoms with Crippen molar-refractivity contribution in [2.45, 2.75) is 25.3 Å². The fourth-order valence-corrected chi connectivity index (χ4v) is 2.96. The third-order valence-corrected chi connectivity index (χ3v) is 4.21. The molecule has 0 bridgehead atoms. The van der Waals surface area contributed by atoms with Gasteiger partial charge in [-0.05, 0) is 37.1 Å². The Labute approximate surface area is 114 Å². The lowest BCUT2D eigenvalue weighted by Gasteiger charge is -2.33. The van der Waals surface area contributed by atoms with Gasteiger partial charge in [-0.15, -0.1) is 0 Å². The number of hydrogen-bond donors (Lipinski definition) is 2. The fraction of sp³-hybridized carbons (Fsp3) is 0.533. The highest BCUT2D eigenvalue weighted by molar-refractivity contribution is 5.99. The van der Waals surface area contributed by atoms with Crippen LogP contribution in [0.25, 0.3) is 0 Å². The predicted molar refractivity (Wildman–Crippen MR) is 76.4 cm³/mol. The van der Waals surface area contributed by atoms with Gasteiger partial charge in [-0.3, -0.25) is 4.79 Å². The van der Waals surface area contributed by atoms with Crippen molar-refractivity contribution < 1.29 is 4.79 Å². The number of carbonyl (C=O) groups is 1. The number of carbonyl (C=O) groups excluding carboxylic acids is 1. The van der Waals surface area contributed by atoms with E-state index in [-0.39, 0.29) is 5.91 Å². The largest absolute Gasteiger partial charge is 0.326 e. The molecule has 1 unspecified atom stereocenters. The van der Waals surface area contributed by atoms with E-state index in [1.807, 2.05) is 6.07 Å². The van der Waals surface area contributed by atoms with Crippen LogP contribution in [0.1, 0.15) is 17.5 Å². The van der Waals surface area contributed by atoms with Crippen molar-refractivity contribution in [2.24, 2.45) is 0 Å². The normalized spacial score (nSPS) is 23.2. The lowest BCUT2D eigenvalue weighted by Crippen LogP contribution is -2.49. The number of fused-ring (bicyclic) bond motifs is 1. The number of piperazine rings is 1. The highest BCUT2D eigenvalue weighted by atomic mass is 16.1. The zero-order chi connectivity index (χ0) is 13.2. The highest BCUT2D eigenvalue weighted by Crippen LogP contribution is 2.24. The lowest BCUT2D eigenvalue weighted by atomic mass is 10.0. The first kappa shape index (κ1) is 12.6. The topological polar surface area (TPSA) is 44.4 Å². The molecule has 1 saturated heterocycles. The molecule has 1 atom stereocenters. The molecule has 102 valence electrons. The summed E-state index contributed by atoms with van der Waals surface area (Å²) in [5.74, 6) is 0.114. The first-order valence-corrected chi connectivity index (χ1v) is 7.05. The lowest BCUT2D eigenvalue weighted by molar-refractivity contribution is -0.115. The van der Waals surface area contributed by atoms with Crippen molar-refractivity contribution in [1.82, 2.24) is 10.2 Å². The number of anilines is 1. The van der Waals surface area contributed by atoms with Gasteiger partial charge in [0.25, 0.3) is 0 Å². The summed E-state index contributed by atoms with van der Waals surface area (Å²) in [6.07, 6.45) is 2.79. The SMILES string of the molecule is CN1CCNCC1CCc1ccc2c(c1)CC(=O)N2. The molecule has 0 saturated carbocycles. The standard InChI is InChI=1S/C15H21N3O/c1-18-7-6-16-10-13(18)4-2-11-3-5-14-12(8-11)9-15(19)17-14/h3,5,8,13,16H,2,4,6-7,9-10H2,1H3,(H,17,19). The Balaban J connectivity index is 1.61. The van der Waals surface area contributed by atoms with Gasteiger partial charge in [-0.2, -0.15) is 0 Å². The van der Waals surface area contributed by atoms with Crippen molar-refractivity contribution in [3.8, 4) is 0 Å². The smallest absolute Gasteiger partial charge is 0.228 e. The quantitative estimate of drug-likeness (QED) is 0.852. The van der Waals surface area contributed by atoms with Crippen LogP contribution >= 0.6 is 0 Å².